The highest BCUT2D eigenvalue weighted by Crippen LogP contribution is 2.21. The van der Waals surface area contributed by atoms with E-state index in [0.29, 0.717) is 54.3 Å². The number of alkyl halides is 3. The van der Waals surface area contributed by atoms with Gasteiger partial charge in [-0.1, -0.05) is 54.1 Å². The zero-order valence-electron chi connectivity index (χ0n) is 22.4. The maximum absolute atomic E-state index is 12.9. The lowest BCUT2D eigenvalue weighted by atomic mass is 9.95. The van der Waals surface area contributed by atoms with Gasteiger partial charge in [-0.3, -0.25) is 14.4 Å². The highest BCUT2D eigenvalue weighted by molar-refractivity contribution is 6.34. The summed E-state index contributed by atoms with van der Waals surface area (Å²) in [6.45, 7) is 1.70. The first-order chi connectivity index (χ1) is 20.0. The molecule has 0 atom stereocenters. The monoisotopic (exact) mass is 603 g/mol. The largest absolute Gasteiger partial charge is 0.490 e. The van der Waals surface area contributed by atoms with Gasteiger partial charge in [0.1, 0.15) is 0 Å². The Morgan fingerprint density at radius 1 is 0.881 bits per heavy atom. The fraction of sp³-hybridized carbons (Fsp3) is 0.267. The van der Waals surface area contributed by atoms with Gasteiger partial charge in [0, 0.05) is 36.8 Å². The maximum atomic E-state index is 12.9. The van der Waals surface area contributed by atoms with E-state index in [1.807, 2.05) is 18.2 Å². The van der Waals surface area contributed by atoms with Crippen molar-refractivity contribution in [3.63, 3.8) is 0 Å². The molecule has 0 unspecified atom stereocenters. The first-order valence-corrected chi connectivity index (χ1v) is 13.4. The molecular weight excluding hydrogens is 575 g/mol. The first-order valence-electron chi connectivity index (χ1n) is 13.0. The zero-order valence-corrected chi connectivity index (χ0v) is 23.1. The minimum Gasteiger partial charge on any atom is -0.475 e. The Bertz CT molecular complexity index is 1380. The Balaban J connectivity index is 0.000000616. The van der Waals surface area contributed by atoms with Crippen molar-refractivity contribution in [3.8, 4) is 0 Å². The van der Waals surface area contributed by atoms with Crippen LogP contribution in [0.4, 0.5) is 18.9 Å². The minimum absolute atomic E-state index is 0.0617. The van der Waals surface area contributed by atoms with Crippen molar-refractivity contribution >= 4 is 41.0 Å². The standard InChI is InChI=1S/C28H28ClN3O3.C2HF3O2/c29-25-9-5-4-8-24(25)27(34)31-23-12-10-22(11-13-23)28(35)32-18-15-21(16-19-32)26(33)30-17-14-20-6-2-1-3-7-20;3-2(4,5)1(6)7/h1-13,21H,14-19H2,(H,30,33)(H,31,34);(H,6,7). The molecule has 222 valence electrons. The second-order valence-electron chi connectivity index (χ2n) is 9.41. The van der Waals surface area contributed by atoms with Crippen LogP contribution in [0, 0.1) is 5.92 Å². The smallest absolute Gasteiger partial charge is 0.475 e. The van der Waals surface area contributed by atoms with E-state index < -0.39 is 12.1 Å². The van der Waals surface area contributed by atoms with Gasteiger partial charge in [-0.15, -0.1) is 0 Å². The number of hydrogen-bond donors (Lipinski definition) is 3. The molecule has 0 bridgehead atoms. The average Bonchev–Trinajstić information content (AvgIpc) is 2.98. The van der Waals surface area contributed by atoms with E-state index in [2.05, 4.69) is 22.8 Å². The average molecular weight is 604 g/mol. The molecule has 0 aromatic heterocycles. The van der Waals surface area contributed by atoms with Gasteiger partial charge >= 0.3 is 12.1 Å². The van der Waals surface area contributed by atoms with Crippen molar-refractivity contribution in [1.29, 1.82) is 0 Å². The number of rotatable bonds is 7. The summed E-state index contributed by atoms with van der Waals surface area (Å²) in [5.41, 5.74) is 2.72. The lowest BCUT2D eigenvalue weighted by Crippen LogP contribution is -2.43. The Labute approximate surface area is 245 Å². The third-order valence-electron chi connectivity index (χ3n) is 6.46. The van der Waals surface area contributed by atoms with Gasteiger partial charge in [-0.2, -0.15) is 13.2 Å². The molecule has 3 amide bonds. The highest BCUT2D eigenvalue weighted by atomic mass is 35.5. The molecule has 8 nitrogen and oxygen atoms in total. The van der Waals surface area contributed by atoms with Crippen LogP contribution < -0.4 is 10.6 Å². The Kier molecular flexibility index (Phi) is 11.5. The topological polar surface area (TPSA) is 116 Å². The molecule has 0 saturated carbocycles. The van der Waals surface area contributed by atoms with Crippen molar-refractivity contribution in [2.45, 2.75) is 25.4 Å². The molecule has 3 aromatic rings. The number of piperidine rings is 1. The molecule has 1 aliphatic heterocycles. The molecular formula is C30H29ClF3N3O5. The number of likely N-dealkylation sites (tertiary alicyclic amines) is 1. The summed E-state index contributed by atoms with van der Waals surface area (Å²) in [7, 11) is 0. The molecule has 1 saturated heterocycles. The van der Waals surface area contributed by atoms with Crippen LogP contribution >= 0.6 is 11.6 Å². The van der Waals surface area contributed by atoms with Crippen molar-refractivity contribution in [3.05, 3.63) is 101 Å². The van der Waals surface area contributed by atoms with Crippen LogP contribution in [0.2, 0.25) is 5.02 Å². The number of nitrogens with one attached hydrogen (secondary N) is 2. The third kappa shape index (κ3) is 9.62. The molecule has 1 heterocycles. The Morgan fingerprint density at radius 3 is 2.02 bits per heavy atom. The SMILES string of the molecule is O=C(Nc1ccc(C(=O)N2CCC(C(=O)NCCc3ccccc3)CC2)cc1)c1ccccc1Cl.O=C(O)C(F)(F)F. The van der Waals surface area contributed by atoms with Crippen LogP contribution in [0.25, 0.3) is 0 Å². The fourth-order valence-corrected chi connectivity index (χ4v) is 4.41. The number of nitrogens with zero attached hydrogens (tertiary/aromatic N) is 1. The van der Waals surface area contributed by atoms with Crippen LogP contribution in [0.15, 0.2) is 78.9 Å². The molecule has 0 spiro atoms. The molecule has 1 fully saturated rings. The van der Waals surface area contributed by atoms with E-state index in [9.17, 15) is 27.6 Å². The summed E-state index contributed by atoms with van der Waals surface area (Å²) in [4.78, 5) is 48.6. The number of amides is 3. The number of carbonyl (C=O) groups excluding carboxylic acids is 3. The highest BCUT2D eigenvalue weighted by Gasteiger charge is 2.38. The molecule has 3 aromatic carbocycles. The molecule has 4 rings (SSSR count). The predicted octanol–water partition coefficient (Wildman–Crippen LogP) is 5.44. The first kappa shape index (κ1) is 32.1. The number of halogens is 4. The van der Waals surface area contributed by atoms with Gasteiger partial charge in [0.2, 0.25) is 5.91 Å². The molecule has 0 radical (unpaired) electrons. The van der Waals surface area contributed by atoms with E-state index in [0.717, 1.165) is 6.42 Å². The number of hydrogen-bond acceptors (Lipinski definition) is 4. The van der Waals surface area contributed by atoms with Crippen LogP contribution in [-0.2, 0) is 16.0 Å². The van der Waals surface area contributed by atoms with E-state index >= 15 is 0 Å². The second kappa shape index (κ2) is 15.0. The van der Waals surface area contributed by atoms with Gasteiger partial charge in [0.25, 0.3) is 11.8 Å². The zero-order chi connectivity index (χ0) is 30.7. The van der Waals surface area contributed by atoms with Crippen molar-refractivity contribution in [1.82, 2.24) is 10.2 Å². The van der Waals surface area contributed by atoms with E-state index in [4.69, 9.17) is 21.5 Å². The van der Waals surface area contributed by atoms with Crippen molar-refractivity contribution in [2.75, 3.05) is 25.0 Å². The lowest BCUT2D eigenvalue weighted by Gasteiger charge is -2.31. The van der Waals surface area contributed by atoms with E-state index in [-0.39, 0.29) is 23.6 Å². The molecule has 12 heteroatoms. The number of benzene rings is 3. The summed E-state index contributed by atoms with van der Waals surface area (Å²) in [5.74, 6) is -3.15. The molecule has 1 aliphatic rings. The van der Waals surface area contributed by atoms with Crippen LogP contribution in [0.1, 0.15) is 39.1 Å². The number of carboxylic acids is 1. The van der Waals surface area contributed by atoms with Crippen LogP contribution in [0.3, 0.4) is 0 Å². The lowest BCUT2D eigenvalue weighted by molar-refractivity contribution is -0.192. The quantitative estimate of drug-likeness (QED) is 0.333. The fourth-order valence-electron chi connectivity index (χ4n) is 4.19. The van der Waals surface area contributed by atoms with E-state index in [1.54, 1.807) is 53.4 Å². The number of aliphatic carboxylic acids is 1. The van der Waals surface area contributed by atoms with Gasteiger partial charge in [-0.25, -0.2) is 4.79 Å². The normalized spacial score (nSPS) is 13.4. The second-order valence-corrected chi connectivity index (χ2v) is 9.81. The summed E-state index contributed by atoms with van der Waals surface area (Å²) in [5, 5.41) is 13.3. The van der Waals surface area contributed by atoms with E-state index in [1.165, 1.54) is 5.56 Å². The van der Waals surface area contributed by atoms with Crippen LogP contribution in [-0.4, -0.2) is 59.5 Å². The number of carboxylic acid groups (broad SMARTS) is 1. The predicted molar refractivity (Wildman–Crippen MR) is 151 cm³/mol. The van der Waals surface area contributed by atoms with Crippen molar-refractivity contribution in [2.24, 2.45) is 5.92 Å². The van der Waals surface area contributed by atoms with Crippen LogP contribution in [0.5, 0.6) is 0 Å². The molecule has 3 N–H and O–H groups in total. The van der Waals surface area contributed by atoms with Gasteiger partial charge < -0.3 is 20.6 Å². The molecule has 42 heavy (non-hydrogen) atoms. The Morgan fingerprint density at radius 2 is 1.45 bits per heavy atom. The summed E-state index contributed by atoms with van der Waals surface area (Å²) < 4.78 is 31.7. The number of anilines is 1. The maximum Gasteiger partial charge on any atom is 0.490 e. The molecule has 0 aliphatic carbocycles. The van der Waals surface area contributed by atoms with Crippen molar-refractivity contribution < 1.29 is 37.5 Å². The Hall–Kier alpha value is -4.38. The third-order valence-corrected chi connectivity index (χ3v) is 6.79. The number of carbonyl (C=O) groups is 4. The summed E-state index contributed by atoms with van der Waals surface area (Å²) >= 11 is 6.08. The van der Waals surface area contributed by atoms with Gasteiger partial charge in [-0.05, 0) is 61.2 Å². The van der Waals surface area contributed by atoms with Gasteiger partial charge in [0.15, 0.2) is 0 Å². The minimum atomic E-state index is -5.08. The summed E-state index contributed by atoms with van der Waals surface area (Å²) in [6, 6.07) is 23.7. The summed E-state index contributed by atoms with van der Waals surface area (Å²) in [6.07, 6.45) is -2.98. The van der Waals surface area contributed by atoms with Gasteiger partial charge in [0.05, 0.1) is 10.6 Å².